The van der Waals surface area contributed by atoms with E-state index in [0.29, 0.717) is 6.61 Å². The van der Waals surface area contributed by atoms with Crippen molar-refractivity contribution in [3.63, 3.8) is 0 Å². The van der Waals surface area contributed by atoms with Gasteiger partial charge in [0, 0.05) is 18.8 Å². The van der Waals surface area contributed by atoms with Crippen molar-refractivity contribution in [2.45, 2.75) is 13.0 Å². The van der Waals surface area contributed by atoms with Crippen molar-refractivity contribution in [2.75, 3.05) is 24.8 Å². The fraction of sp³-hybridized carbons (Fsp3) is 0.400. The van der Waals surface area contributed by atoms with Crippen molar-refractivity contribution in [1.82, 2.24) is 0 Å². The van der Waals surface area contributed by atoms with Crippen molar-refractivity contribution in [2.24, 2.45) is 0 Å². The number of nitrogen functional groups attached to an aromatic ring is 1. The van der Waals surface area contributed by atoms with Gasteiger partial charge in [-0.3, -0.25) is 0 Å². The number of halogens is 2. The predicted molar refractivity (Wildman–Crippen MR) is 55.7 cm³/mol. The Morgan fingerprint density at radius 2 is 1.93 bits per heavy atom. The molecule has 1 aromatic carbocycles. The molecule has 3 N–H and O–H groups in total. The summed E-state index contributed by atoms with van der Waals surface area (Å²) in [5, 5.41) is 2.68. The molecular weight excluding hydrogens is 202 g/mol. The molecule has 15 heavy (non-hydrogen) atoms. The highest BCUT2D eigenvalue weighted by Gasteiger charge is 2.12. The molecule has 0 spiro atoms. The van der Waals surface area contributed by atoms with Crippen LogP contribution in [0.25, 0.3) is 0 Å². The van der Waals surface area contributed by atoms with Crippen molar-refractivity contribution in [3.05, 3.63) is 23.8 Å². The summed E-state index contributed by atoms with van der Waals surface area (Å²) in [6.07, 6.45) is 0. The Kier molecular flexibility index (Phi) is 3.85. The first-order valence-electron chi connectivity index (χ1n) is 4.54. The van der Waals surface area contributed by atoms with E-state index in [9.17, 15) is 8.78 Å². The van der Waals surface area contributed by atoms with E-state index < -0.39 is 11.6 Å². The second-order valence-corrected chi connectivity index (χ2v) is 3.36. The van der Waals surface area contributed by atoms with E-state index >= 15 is 0 Å². The molecular formula is C10H14F2N2O. The maximum atomic E-state index is 13.3. The van der Waals surface area contributed by atoms with Crippen LogP contribution in [0.1, 0.15) is 6.92 Å². The Balaban J connectivity index is 2.85. The topological polar surface area (TPSA) is 47.3 Å². The molecule has 1 atom stereocenters. The maximum Gasteiger partial charge on any atom is 0.151 e. The Morgan fingerprint density at radius 3 is 2.40 bits per heavy atom. The van der Waals surface area contributed by atoms with Crippen molar-refractivity contribution < 1.29 is 13.5 Å². The summed E-state index contributed by atoms with van der Waals surface area (Å²) >= 11 is 0. The number of anilines is 2. The molecule has 0 radical (unpaired) electrons. The number of nitrogens with one attached hydrogen (secondary N) is 1. The van der Waals surface area contributed by atoms with Gasteiger partial charge in [-0.05, 0) is 19.1 Å². The van der Waals surface area contributed by atoms with Gasteiger partial charge < -0.3 is 15.8 Å². The maximum absolute atomic E-state index is 13.3. The monoisotopic (exact) mass is 216 g/mol. The van der Waals surface area contributed by atoms with Gasteiger partial charge in [-0.15, -0.1) is 0 Å². The zero-order valence-corrected chi connectivity index (χ0v) is 8.68. The first-order valence-corrected chi connectivity index (χ1v) is 4.54. The van der Waals surface area contributed by atoms with Crippen LogP contribution < -0.4 is 11.1 Å². The molecule has 3 nitrogen and oxygen atoms in total. The molecule has 5 heteroatoms. The minimum Gasteiger partial charge on any atom is -0.399 e. The summed E-state index contributed by atoms with van der Waals surface area (Å²) in [4.78, 5) is 0. The second-order valence-electron chi connectivity index (χ2n) is 3.36. The Bertz CT molecular complexity index is 321. The first kappa shape index (κ1) is 11.7. The summed E-state index contributed by atoms with van der Waals surface area (Å²) < 4.78 is 31.4. The molecule has 0 aliphatic heterocycles. The number of hydrogen-bond acceptors (Lipinski definition) is 3. The number of ether oxygens (including phenoxy) is 1. The molecule has 0 aliphatic rings. The zero-order chi connectivity index (χ0) is 11.4. The lowest BCUT2D eigenvalue weighted by atomic mass is 10.2. The number of benzene rings is 1. The van der Waals surface area contributed by atoms with Gasteiger partial charge >= 0.3 is 0 Å². The number of nitrogens with two attached hydrogens (primary N) is 1. The molecule has 1 unspecified atom stereocenters. The third-order valence-electron chi connectivity index (χ3n) is 1.87. The largest absolute Gasteiger partial charge is 0.399 e. The summed E-state index contributed by atoms with van der Waals surface area (Å²) in [6, 6.07) is 1.97. The van der Waals surface area contributed by atoms with Crippen LogP contribution in [0.15, 0.2) is 12.1 Å². The molecule has 0 fully saturated rings. The smallest absolute Gasteiger partial charge is 0.151 e. The van der Waals surface area contributed by atoms with Gasteiger partial charge in [0.2, 0.25) is 0 Å². The van der Waals surface area contributed by atoms with E-state index in [-0.39, 0.29) is 17.4 Å². The second kappa shape index (κ2) is 4.93. The van der Waals surface area contributed by atoms with Gasteiger partial charge in [0.15, 0.2) is 11.6 Å². The van der Waals surface area contributed by atoms with E-state index in [1.165, 1.54) is 7.11 Å². The highest BCUT2D eigenvalue weighted by molar-refractivity contribution is 5.54. The third-order valence-corrected chi connectivity index (χ3v) is 1.87. The van der Waals surface area contributed by atoms with Crippen LogP contribution in [0.5, 0.6) is 0 Å². The van der Waals surface area contributed by atoms with Gasteiger partial charge in [-0.1, -0.05) is 0 Å². The van der Waals surface area contributed by atoms with Crippen LogP contribution in [0, 0.1) is 11.6 Å². The summed E-state index contributed by atoms with van der Waals surface area (Å²) in [5.74, 6) is -1.40. The molecule has 0 saturated heterocycles. The minimum absolute atomic E-state index is 0.0648. The van der Waals surface area contributed by atoms with Crippen molar-refractivity contribution in [1.29, 1.82) is 0 Å². The normalized spacial score (nSPS) is 12.5. The summed E-state index contributed by atoms with van der Waals surface area (Å²) in [7, 11) is 1.52. The molecule has 0 aliphatic carbocycles. The van der Waals surface area contributed by atoms with Gasteiger partial charge in [-0.2, -0.15) is 0 Å². The Hall–Kier alpha value is -1.36. The molecule has 0 saturated carbocycles. The van der Waals surface area contributed by atoms with Crippen molar-refractivity contribution in [3.8, 4) is 0 Å². The lowest BCUT2D eigenvalue weighted by Gasteiger charge is -2.15. The molecule has 0 heterocycles. The fourth-order valence-electron chi connectivity index (χ4n) is 1.27. The average molecular weight is 216 g/mol. The molecule has 0 bridgehead atoms. The zero-order valence-electron chi connectivity index (χ0n) is 8.68. The lowest BCUT2D eigenvalue weighted by Crippen LogP contribution is -2.22. The standard InChI is InChI=1S/C10H14F2N2O/c1-6(5-15-2)14-10-8(11)3-7(13)4-9(10)12/h3-4,6,14H,5,13H2,1-2H3. The molecule has 1 aromatic rings. The van der Waals surface area contributed by atoms with E-state index in [0.717, 1.165) is 12.1 Å². The quantitative estimate of drug-likeness (QED) is 0.757. The van der Waals surface area contributed by atoms with E-state index in [4.69, 9.17) is 10.5 Å². The van der Waals surface area contributed by atoms with Crippen LogP contribution in [-0.2, 0) is 4.74 Å². The van der Waals surface area contributed by atoms with E-state index in [1.54, 1.807) is 6.92 Å². The van der Waals surface area contributed by atoms with E-state index in [2.05, 4.69) is 5.32 Å². The third kappa shape index (κ3) is 3.06. The minimum atomic E-state index is -0.699. The lowest BCUT2D eigenvalue weighted by molar-refractivity contribution is 0.190. The van der Waals surface area contributed by atoms with Crippen LogP contribution in [-0.4, -0.2) is 19.8 Å². The first-order chi connectivity index (χ1) is 7.04. The molecule has 84 valence electrons. The van der Waals surface area contributed by atoms with Crippen LogP contribution >= 0.6 is 0 Å². The highest BCUT2D eigenvalue weighted by atomic mass is 19.1. The number of hydrogen-bond donors (Lipinski definition) is 2. The van der Waals surface area contributed by atoms with Gasteiger partial charge in [0.1, 0.15) is 5.69 Å². The Labute approximate surface area is 87.2 Å². The summed E-state index contributed by atoms with van der Waals surface area (Å²) in [5.41, 5.74) is 5.18. The Morgan fingerprint density at radius 1 is 1.40 bits per heavy atom. The molecule has 0 aromatic heterocycles. The van der Waals surface area contributed by atoms with Crippen LogP contribution in [0.3, 0.4) is 0 Å². The average Bonchev–Trinajstić information content (AvgIpc) is 2.11. The van der Waals surface area contributed by atoms with Gasteiger partial charge in [0.05, 0.1) is 6.61 Å². The molecule has 1 rings (SSSR count). The SMILES string of the molecule is COCC(C)Nc1c(F)cc(N)cc1F. The number of methoxy groups -OCH3 is 1. The van der Waals surface area contributed by atoms with Gasteiger partial charge in [0.25, 0.3) is 0 Å². The van der Waals surface area contributed by atoms with Crippen molar-refractivity contribution >= 4 is 11.4 Å². The molecule has 0 amide bonds. The highest BCUT2D eigenvalue weighted by Crippen LogP contribution is 2.22. The van der Waals surface area contributed by atoms with E-state index in [1.807, 2.05) is 0 Å². The fourth-order valence-corrected chi connectivity index (χ4v) is 1.27. The predicted octanol–water partition coefficient (Wildman–Crippen LogP) is 1.99. The van der Waals surface area contributed by atoms with Crippen LogP contribution in [0.2, 0.25) is 0 Å². The number of rotatable bonds is 4. The van der Waals surface area contributed by atoms with Crippen LogP contribution in [0.4, 0.5) is 20.2 Å². The summed E-state index contributed by atoms with van der Waals surface area (Å²) in [6.45, 7) is 2.13. The van der Waals surface area contributed by atoms with Gasteiger partial charge in [-0.25, -0.2) is 8.78 Å².